The van der Waals surface area contributed by atoms with Crippen LogP contribution in [-0.2, 0) is 21.7 Å². The number of halogens is 9. The summed E-state index contributed by atoms with van der Waals surface area (Å²) in [5, 5.41) is 0.0536. The zero-order valence-corrected chi connectivity index (χ0v) is 20.4. The number of hydrazine groups is 1. The van der Waals surface area contributed by atoms with E-state index in [-0.39, 0.29) is 25.3 Å². The van der Waals surface area contributed by atoms with E-state index in [2.05, 4.69) is 18.1 Å². The fourth-order valence-electron chi connectivity index (χ4n) is 4.26. The summed E-state index contributed by atoms with van der Waals surface area (Å²) in [4.78, 5) is 12.9. The quantitative estimate of drug-likeness (QED) is 0.186. The second-order valence-electron chi connectivity index (χ2n) is 8.67. The van der Waals surface area contributed by atoms with Crippen molar-refractivity contribution in [2.75, 3.05) is 19.6 Å². The minimum atomic E-state index is -5.03. The van der Waals surface area contributed by atoms with Crippen LogP contribution in [0.25, 0.3) is 0 Å². The molecule has 4 nitrogen and oxygen atoms in total. The molecule has 0 saturated carbocycles. The molecular weight excluding hydrogens is 560 g/mol. The largest absolute Gasteiger partial charge is 0.407 e. The van der Waals surface area contributed by atoms with Gasteiger partial charge in [-0.2, -0.15) is 39.0 Å². The van der Waals surface area contributed by atoms with E-state index < -0.39 is 62.9 Å². The molecule has 0 radical (unpaired) electrons. The maximum atomic E-state index is 14.1. The monoisotopic (exact) mass is 576 g/mol. The molecule has 1 saturated heterocycles. The molecule has 2 aliphatic rings. The van der Waals surface area contributed by atoms with Gasteiger partial charge in [0.25, 0.3) is 0 Å². The Hall–Kier alpha value is -1.57. The number of benzene rings is 2. The first-order valence-corrected chi connectivity index (χ1v) is 11.5. The Morgan fingerprint density at radius 1 is 1.08 bits per heavy atom. The van der Waals surface area contributed by atoms with Crippen molar-refractivity contribution in [1.29, 1.82) is 0 Å². The van der Waals surface area contributed by atoms with Crippen LogP contribution in [0.2, 0.25) is 10.0 Å². The summed E-state index contributed by atoms with van der Waals surface area (Å²) in [6.45, 7) is -0.900. The molecule has 0 aromatic heterocycles. The third kappa shape index (κ3) is 5.08. The maximum Gasteiger partial charge on any atom is 0.407 e. The molecule has 2 aromatic rings. The molecule has 1 unspecified atom stereocenters. The van der Waals surface area contributed by atoms with Crippen molar-refractivity contribution in [2.45, 2.75) is 35.7 Å². The van der Waals surface area contributed by atoms with Gasteiger partial charge in [-0.1, -0.05) is 35.3 Å². The molecule has 14 heteroatoms. The van der Waals surface area contributed by atoms with Crippen LogP contribution < -0.4 is 5.43 Å². The number of nitrogens with zero attached hydrogens (tertiary/aromatic N) is 1. The minimum Gasteiger partial charge on any atom is -0.363 e. The van der Waals surface area contributed by atoms with Gasteiger partial charge in [-0.3, -0.25) is 4.79 Å². The van der Waals surface area contributed by atoms with Gasteiger partial charge < -0.3 is 4.74 Å². The van der Waals surface area contributed by atoms with Gasteiger partial charge in [0.2, 0.25) is 0 Å². The molecule has 1 fully saturated rings. The number of Topliss-reactive ketones (excluding diaryl/α,β-unsaturated/α-hetero) is 1. The second kappa shape index (κ2) is 9.32. The second-order valence-corrected chi connectivity index (χ2v) is 10.3. The Labute approximate surface area is 216 Å². The van der Waals surface area contributed by atoms with E-state index in [4.69, 9.17) is 27.9 Å². The lowest BCUT2D eigenvalue weighted by molar-refractivity contribution is -0.183. The zero-order chi connectivity index (χ0) is 26.7. The van der Waals surface area contributed by atoms with Crippen LogP contribution in [0.1, 0.15) is 33.5 Å². The van der Waals surface area contributed by atoms with E-state index in [1.54, 1.807) is 0 Å². The van der Waals surface area contributed by atoms with Crippen LogP contribution in [0.15, 0.2) is 30.3 Å². The molecule has 4 rings (SSSR count). The van der Waals surface area contributed by atoms with Crippen molar-refractivity contribution in [3.05, 3.63) is 68.4 Å². The molecule has 1 N–H and O–H groups in total. The highest BCUT2D eigenvalue weighted by molar-refractivity contribution is 7.81. The van der Waals surface area contributed by atoms with E-state index in [9.17, 15) is 35.5 Å². The van der Waals surface area contributed by atoms with Gasteiger partial charge in [0.15, 0.2) is 11.6 Å². The first-order valence-electron chi connectivity index (χ1n) is 10.3. The number of alkyl halides is 6. The normalized spacial score (nSPS) is 19.2. The van der Waals surface area contributed by atoms with Crippen LogP contribution in [0, 0.1) is 5.82 Å². The molecule has 36 heavy (non-hydrogen) atoms. The van der Waals surface area contributed by atoms with Gasteiger partial charge in [0.05, 0.1) is 16.7 Å². The van der Waals surface area contributed by atoms with E-state index in [0.717, 1.165) is 12.1 Å². The summed E-state index contributed by atoms with van der Waals surface area (Å²) in [5.41, 5.74) is 1.95. The number of carbonyl (C=O) groups excluding carboxylic acids is 1. The number of hydrogen-bond donors (Lipinski definition) is 2. The molecule has 196 valence electrons. The average molecular weight is 577 g/mol. The molecule has 0 amide bonds. The number of carbonyl (C=O) groups is 1. The predicted molar refractivity (Wildman–Crippen MR) is 121 cm³/mol. The van der Waals surface area contributed by atoms with Crippen LogP contribution >= 0.6 is 35.8 Å². The SMILES string of the molecule is O=C(CC(S)(c1cc(Cl)c(F)c(Cl)c1)C(F)(F)F)c1ccc2c(c1)COC21CN(NCC(F)(F)F)C1. The Morgan fingerprint density at radius 3 is 2.25 bits per heavy atom. The first-order chi connectivity index (χ1) is 16.5. The smallest absolute Gasteiger partial charge is 0.363 e. The predicted octanol–water partition coefficient (Wildman–Crippen LogP) is 6.20. The summed E-state index contributed by atoms with van der Waals surface area (Å²) in [6.07, 6.45) is -10.5. The molecule has 1 spiro atoms. The van der Waals surface area contributed by atoms with Gasteiger partial charge >= 0.3 is 12.4 Å². The zero-order valence-electron chi connectivity index (χ0n) is 18.0. The van der Waals surface area contributed by atoms with Crippen molar-refractivity contribution in [3.63, 3.8) is 0 Å². The van der Waals surface area contributed by atoms with E-state index in [0.29, 0.717) is 11.1 Å². The fraction of sp³-hybridized carbons (Fsp3) is 0.409. The Balaban J connectivity index is 1.54. The summed E-state index contributed by atoms with van der Waals surface area (Å²) >= 11 is 15.1. The average Bonchev–Trinajstić information content (AvgIpc) is 3.12. The third-order valence-electron chi connectivity index (χ3n) is 6.16. The molecular formula is C22H17Cl2F7N2O2S. The lowest BCUT2D eigenvalue weighted by Crippen LogP contribution is -2.64. The lowest BCUT2D eigenvalue weighted by Gasteiger charge is -2.47. The van der Waals surface area contributed by atoms with Gasteiger partial charge in [0.1, 0.15) is 16.9 Å². The molecule has 2 aliphatic heterocycles. The number of ether oxygens (including phenoxy) is 1. The summed E-state index contributed by atoms with van der Waals surface area (Å²) in [6, 6.07) is 5.71. The van der Waals surface area contributed by atoms with Crippen molar-refractivity contribution in [3.8, 4) is 0 Å². The van der Waals surface area contributed by atoms with Gasteiger partial charge in [-0.15, -0.1) is 0 Å². The minimum absolute atomic E-state index is 0.0391. The molecule has 0 bridgehead atoms. The van der Waals surface area contributed by atoms with Gasteiger partial charge in [-0.25, -0.2) is 14.8 Å². The molecule has 0 aliphatic carbocycles. The van der Waals surface area contributed by atoms with Gasteiger partial charge in [-0.05, 0) is 34.9 Å². The molecule has 2 aromatic carbocycles. The number of fused-ring (bicyclic) bond motifs is 2. The van der Waals surface area contributed by atoms with E-state index in [1.807, 2.05) is 0 Å². The molecule has 2 heterocycles. The lowest BCUT2D eigenvalue weighted by atomic mass is 9.84. The molecule has 1 atom stereocenters. The van der Waals surface area contributed by atoms with Gasteiger partial charge in [0, 0.05) is 25.1 Å². The number of ketones is 1. The highest BCUT2D eigenvalue weighted by atomic mass is 35.5. The highest BCUT2D eigenvalue weighted by Crippen LogP contribution is 2.49. The van der Waals surface area contributed by atoms with Crippen LogP contribution in [-0.4, -0.2) is 42.8 Å². The number of hydrogen-bond acceptors (Lipinski definition) is 5. The van der Waals surface area contributed by atoms with Crippen molar-refractivity contribution in [2.24, 2.45) is 0 Å². The highest BCUT2D eigenvalue weighted by Gasteiger charge is 2.55. The van der Waals surface area contributed by atoms with Crippen molar-refractivity contribution in [1.82, 2.24) is 10.4 Å². The first kappa shape index (κ1) is 27.5. The van der Waals surface area contributed by atoms with E-state index >= 15 is 0 Å². The standard InChI is InChI=1S/C22H17Cl2F7N2O2S/c23-15-4-13(5-16(24)18(15)25)20(36,22(29,30)31)6-17(34)11-1-2-14-12(3-11)7-35-19(14)9-33(10-19)32-8-21(26,27)28/h1-5,32,36H,6-10H2. The Morgan fingerprint density at radius 2 is 1.69 bits per heavy atom. The maximum absolute atomic E-state index is 14.1. The van der Waals surface area contributed by atoms with Crippen LogP contribution in [0.4, 0.5) is 30.7 Å². The van der Waals surface area contributed by atoms with E-state index in [1.165, 1.54) is 23.2 Å². The van der Waals surface area contributed by atoms with Crippen molar-refractivity contribution < 1.29 is 40.3 Å². The summed E-state index contributed by atoms with van der Waals surface area (Å²) < 4.78 is 95.9. The fourth-order valence-corrected chi connectivity index (χ4v) is 5.02. The number of rotatable bonds is 6. The Kier molecular flexibility index (Phi) is 7.11. The van der Waals surface area contributed by atoms with Crippen molar-refractivity contribution >= 4 is 41.6 Å². The van der Waals surface area contributed by atoms with Crippen LogP contribution in [0.3, 0.4) is 0 Å². The number of nitrogens with one attached hydrogen (secondary N) is 1. The third-order valence-corrected chi connectivity index (χ3v) is 7.38. The Bertz CT molecular complexity index is 1180. The summed E-state index contributed by atoms with van der Waals surface area (Å²) in [5.74, 6) is -1.99. The number of thiol groups is 1. The van der Waals surface area contributed by atoms with Crippen LogP contribution in [0.5, 0.6) is 0 Å². The topological polar surface area (TPSA) is 41.6 Å². The summed E-state index contributed by atoms with van der Waals surface area (Å²) in [7, 11) is 0.